The van der Waals surface area contributed by atoms with Crippen LogP contribution in [0.5, 0.6) is 11.5 Å². The number of nitrogens with one attached hydrogen (secondary N) is 1. The predicted molar refractivity (Wildman–Crippen MR) is 73.4 cm³/mol. The molecule has 2 rings (SSSR count). The molecule has 0 aliphatic heterocycles. The summed E-state index contributed by atoms with van der Waals surface area (Å²) in [5, 5.41) is 3.38. The Morgan fingerprint density at radius 3 is 2.50 bits per heavy atom. The minimum absolute atomic E-state index is 0.0246. The Hall–Kier alpha value is -1.22. The van der Waals surface area contributed by atoms with Crippen LogP contribution in [0, 0.1) is 0 Å². The fourth-order valence-corrected chi connectivity index (χ4v) is 2.40. The molecule has 18 heavy (non-hydrogen) atoms. The van der Waals surface area contributed by atoms with Crippen LogP contribution >= 0.6 is 0 Å². The predicted octanol–water partition coefficient (Wildman–Crippen LogP) is 3.00. The lowest BCUT2D eigenvalue weighted by Crippen LogP contribution is -2.45. The van der Waals surface area contributed by atoms with Gasteiger partial charge in [0.05, 0.1) is 7.11 Å². The topological polar surface area (TPSA) is 30.5 Å². The zero-order valence-electron chi connectivity index (χ0n) is 11.4. The smallest absolute Gasteiger partial charge is 0.161 e. The van der Waals surface area contributed by atoms with Gasteiger partial charge in [0.25, 0.3) is 0 Å². The first-order valence-electron chi connectivity index (χ1n) is 6.82. The third kappa shape index (κ3) is 2.96. The van der Waals surface area contributed by atoms with E-state index in [4.69, 9.17) is 9.47 Å². The lowest BCUT2D eigenvalue weighted by atomic mass is 9.77. The van der Waals surface area contributed by atoms with Gasteiger partial charge in [-0.15, -0.1) is 0 Å². The highest BCUT2D eigenvalue weighted by molar-refractivity contribution is 5.40. The van der Waals surface area contributed by atoms with E-state index in [9.17, 15) is 0 Å². The summed E-state index contributed by atoms with van der Waals surface area (Å²) >= 11 is 0. The molecule has 1 aliphatic rings. The Balaban J connectivity index is 2.01. The molecule has 0 spiro atoms. The minimum atomic E-state index is 0.0246. The zero-order valence-corrected chi connectivity index (χ0v) is 11.4. The molecule has 0 atom stereocenters. The van der Waals surface area contributed by atoms with Crippen molar-refractivity contribution in [2.24, 2.45) is 0 Å². The van der Waals surface area contributed by atoms with Gasteiger partial charge in [-0.05, 0) is 50.9 Å². The molecule has 0 aromatic heterocycles. The summed E-state index contributed by atoms with van der Waals surface area (Å²) in [6.07, 6.45) is 4.63. The van der Waals surface area contributed by atoms with Gasteiger partial charge < -0.3 is 14.8 Å². The highest BCUT2D eigenvalue weighted by Gasteiger charge is 2.39. The quantitative estimate of drug-likeness (QED) is 0.754. The molecular formula is C15H23NO2. The molecule has 1 fully saturated rings. The third-order valence-electron chi connectivity index (χ3n) is 3.67. The first-order chi connectivity index (χ1) is 8.79. The number of methoxy groups -OCH3 is 1. The fourth-order valence-electron chi connectivity index (χ4n) is 2.40. The first-order valence-corrected chi connectivity index (χ1v) is 6.82. The lowest BCUT2D eigenvalue weighted by Gasteiger charge is -2.42. The van der Waals surface area contributed by atoms with Crippen LogP contribution in [-0.4, -0.2) is 25.8 Å². The Kier molecular flexibility index (Phi) is 4.48. The Bertz CT molecular complexity index is 375. The SMILES string of the molecule is CCNCCC1(Oc2ccccc2OC)CCC1. The Labute approximate surface area is 109 Å². The van der Waals surface area contributed by atoms with Crippen LogP contribution in [0.4, 0.5) is 0 Å². The van der Waals surface area contributed by atoms with E-state index in [0.29, 0.717) is 0 Å². The fraction of sp³-hybridized carbons (Fsp3) is 0.600. The van der Waals surface area contributed by atoms with Crippen LogP contribution in [0.3, 0.4) is 0 Å². The van der Waals surface area contributed by atoms with E-state index in [1.807, 2.05) is 24.3 Å². The van der Waals surface area contributed by atoms with Crippen molar-refractivity contribution in [3.05, 3.63) is 24.3 Å². The lowest BCUT2D eigenvalue weighted by molar-refractivity contribution is -0.0159. The second-order valence-corrected chi connectivity index (χ2v) is 4.89. The van der Waals surface area contributed by atoms with Crippen molar-refractivity contribution in [1.29, 1.82) is 0 Å². The van der Waals surface area contributed by atoms with Crippen LogP contribution in [0.25, 0.3) is 0 Å². The molecule has 0 heterocycles. The minimum Gasteiger partial charge on any atom is -0.493 e. The zero-order chi connectivity index (χ0) is 12.8. The van der Waals surface area contributed by atoms with Gasteiger partial charge in [-0.25, -0.2) is 0 Å². The number of hydrogen-bond donors (Lipinski definition) is 1. The molecular weight excluding hydrogens is 226 g/mol. The molecule has 1 N–H and O–H groups in total. The maximum Gasteiger partial charge on any atom is 0.161 e. The third-order valence-corrected chi connectivity index (χ3v) is 3.67. The highest BCUT2D eigenvalue weighted by atomic mass is 16.5. The second kappa shape index (κ2) is 6.10. The summed E-state index contributed by atoms with van der Waals surface area (Å²) in [6, 6.07) is 7.91. The summed E-state index contributed by atoms with van der Waals surface area (Å²) in [6.45, 7) is 4.17. The van der Waals surface area contributed by atoms with Gasteiger partial charge in [0.15, 0.2) is 11.5 Å². The summed E-state index contributed by atoms with van der Waals surface area (Å²) in [5.74, 6) is 1.70. The van der Waals surface area contributed by atoms with Gasteiger partial charge in [0.1, 0.15) is 5.60 Å². The van der Waals surface area contributed by atoms with Crippen LogP contribution < -0.4 is 14.8 Å². The number of hydrogen-bond acceptors (Lipinski definition) is 3. The average Bonchev–Trinajstić information content (AvgIpc) is 2.36. The van der Waals surface area contributed by atoms with E-state index < -0.39 is 0 Å². The molecule has 0 radical (unpaired) electrons. The van der Waals surface area contributed by atoms with Crippen molar-refractivity contribution in [3.63, 3.8) is 0 Å². The van der Waals surface area contributed by atoms with Crippen molar-refractivity contribution >= 4 is 0 Å². The van der Waals surface area contributed by atoms with E-state index in [1.54, 1.807) is 7.11 Å². The van der Waals surface area contributed by atoms with Crippen LogP contribution in [0.1, 0.15) is 32.6 Å². The van der Waals surface area contributed by atoms with Gasteiger partial charge >= 0.3 is 0 Å². The molecule has 1 aliphatic carbocycles. The van der Waals surface area contributed by atoms with Gasteiger partial charge in [-0.2, -0.15) is 0 Å². The normalized spacial score (nSPS) is 17.0. The maximum absolute atomic E-state index is 6.24. The average molecular weight is 249 g/mol. The van der Waals surface area contributed by atoms with Crippen molar-refractivity contribution in [1.82, 2.24) is 5.32 Å². The second-order valence-electron chi connectivity index (χ2n) is 4.89. The summed E-state index contributed by atoms with van der Waals surface area (Å²) in [5.41, 5.74) is 0.0246. The summed E-state index contributed by atoms with van der Waals surface area (Å²) in [7, 11) is 1.69. The van der Waals surface area contributed by atoms with Crippen LogP contribution in [-0.2, 0) is 0 Å². The highest BCUT2D eigenvalue weighted by Crippen LogP contribution is 2.41. The van der Waals surface area contributed by atoms with Crippen molar-refractivity contribution < 1.29 is 9.47 Å². The van der Waals surface area contributed by atoms with Gasteiger partial charge in [-0.3, -0.25) is 0 Å². The van der Waals surface area contributed by atoms with E-state index >= 15 is 0 Å². The molecule has 0 unspecified atom stereocenters. The molecule has 1 saturated carbocycles. The first kappa shape index (κ1) is 13.2. The summed E-state index contributed by atoms with van der Waals surface area (Å²) < 4.78 is 11.6. The monoisotopic (exact) mass is 249 g/mol. The number of benzene rings is 1. The van der Waals surface area contributed by atoms with Crippen molar-refractivity contribution in [2.45, 2.75) is 38.2 Å². The Morgan fingerprint density at radius 2 is 1.94 bits per heavy atom. The van der Waals surface area contributed by atoms with E-state index in [2.05, 4.69) is 12.2 Å². The van der Waals surface area contributed by atoms with Gasteiger partial charge in [0.2, 0.25) is 0 Å². The largest absolute Gasteiger partial charge is 0.493 e. The molecule has 3 heteroatoms. The molecule has 0 saturated heterocycles. The maximum atomic E-state index is 6.24. The van der Waals surface area contributed by atoms with Crippen molar-refractivity contribution in [2.75, 3.05) is 20.2 Å². The standard InChI is InChI=1S/C15H23NO2/c1-3-16-12-11-15(9-6-10-15)18-14-8-5-4-7-13(14)17-2/h4-5,7-8,16H,3,6,9-12H2,1-2H3. The molecule has 1 aromatic carbocycles. The Morgan fingerprint density at radius 1 is 1.22 bits per heavy atom. The number of ether oxygens (including phenoxy) is 2. The van der Waals surface area contributed by atoms with Crippen LogP contribution in [0.2, 0.25) is 0 Å². The van der Waals surface area contributed by atoms with Gasteiger partial charge in [0, 0.05) is 0 Å². The van der Waals surface area contributed by atoms with E-state index in [1.165, 1.54) is 6.42 Å². The van der Waals surface area contributed by atoms with E-state index in [0.717, 1.165) is 43.9 Å². The molecule has 100 valence electrons. The van der Waals surface area contributed by atoms with Gasteiger partial charge in [-0.1, -0.05) is 19.1 Å². The van der Waals surface area contributed by atoms with E-state index in [-0.39, 0.29) is 5.60 Å². The molecule has 0 amide bonds. The molecule has 3 nitrogen and oxygen atoms in total. The molecule has 1 aromatic rings. The van der Waals surface area contributed by atoms with Crippen molar-refractivity contribution in [3.8, 4) is 11.5 Å². The molecule has 0 bridgehead atoms. The number of rotatable bonds is 7. The summed E-state index contributed by atoms with van der Waals surface area (Å²) in [4.78, 5) is 0. The number of para-hydroxylation sites is 2. The van der Waals surface area contributed by atoms with Crippen LogP contribution in [0.15, 0.2) is 24.3 Å².